The number of hydrogen-bond acceptors (Lipinski definition) is 8. The standard InChI is InChI=1S/C23H20N4O6.H3N/c24-26(23(30)33-15-16-7-3-1-4-8-16)14-21(28)25-20-12-11-18(27(31)32)13-19(20)22(29)17-9-5-2-6-10-17;/h1-13H,14-15,24H2,(H,25,28);1H3. The molecule has 0 bridgehead atoms. The molecule has 0 aliphatic carbocycles. The molecule has 0 heterocycles. The molecule has 0 atom stereocenters. The number of ether oxygens (including phenoxy) is 1. The second kappa shape index (κ2) is 11.9. The fourth-order valence-electron chi connectivity index (χ4n) is 2.90. The van der Waals surface area contributed by atoms with E-state index < -0.39 is 29.3 Å². The molecule has 0 unspecified atom stereocenters. The Bertz CT molecular complexity index is 1170. The lowest BCUT2D eigenvalue weighted by molar-refractivity contribution is -0.384. The zero-order valence-electron chi connectivity index (χ0n) is 18.0. The summed E-state index contributed by atoms with van der Waals surface area (Å²) in [7, 11) is 0. The Labute approximate surface area is 194 Å². The van der Waals surface area contributed by atoms with Crippen LogP contribution >= 0.6 is 0 Å². The van der Waals surface area contributed by atoms with Gasteiger partial charge in [0.25, 0.3) is 5.69 Å². The summed E-state index contributed by atoms with van der Waals surface area (Å²) >= 11 is 0. The maximum absolute atomic E-state index is 12.9. The fourth-order valence-corrected chi connectivity index (χ4v) is 2.90. The van der Waals surface area contributed by atoms with Crippen molar-refractivity contribution in [1.82, 2.24) is 11.2 Å². The van der Waals surface area contributed by atoms with Gasteiger partial charge in [-0.1, -0.05) is 60.7 Å². The van der Waals surface area contributed by atoms with Gasteiger partial charge in [-0.2, -0.15) is 0 Å². The number of carbonyl (C=O) groups is 3. The molecule has 0 fully saturated rings. The van der Waals surface area contributed by atoms with Crippen molar-refractivity contribution >= 4 is 29.2 Å². The zero-order valence-corrected chi connectivity index (χ0v) is 18.0. The summed E-state index contributed by atoms with van der Waals surface area (Å²) in [5.74, 6) is 4.40. The van der Waals surface area contributed by atoms with Crippen LogP contribution in [-0.2, 0) is 16.1 Å². The van der Waals surface area contributed by atoms with E-state index in [0.717, 1.165) is 17.7 Å². The van der Waals surface area contributed by atoms with E-state index in [-0.39, 0.29) is 29.7 Å². The quantitative estimate of drug-likeness (QED) is 0.149. The number of ketones is 1. The number of benzene rings is 3. The molecule has 11 nitrogen and oxygen atoms in total. The Morgan fingerprint density at radius 1 is 0.971 bits per heavy atom. The van der Waals surface area contributed by atoms with Gasteiger partial charge in [-0.05, 0) is 11.6 Å². The van der Waals surface area contributed by atoms with Crippen molar-refractivity contribution in [2.45, 2.75) is 6.61 Å². The minimum absolute atomic E-state index is 0. The van der Waals surface area contributed by atoms with Crippen LogP contribution < -0.4 is 17.3 Å². The number of anilines is 1. The maximum Gasteiger partial charge on any atom is 0.424 e. The largest absolute Gasteiger partial charge is 0.444 e. The number of carbonyl (C=O) groups excluding carboxylic acids is 3. The Hall–Kier alpha value is -4.61. The summed E-state index contributed by atoms with van der Waals surface area (Å²) in [6.45, 7) is -0.587. The molecule has 0 radical (unpaired) electrons. The predicted molar refractivity (Wildman–Crippen MR) is 124 cm³/mol. The van der Waals surface area contributed by atoms with Gasteiger partial charge < -0.3 is 16.2 Å². The number of non-ortho nitro benzene ring substituents is 1. The Kier molecular flexibility index (Phi) is 8.94. The SMILES string of the molecule is N.NN(CC(=O)Nc1ccc([N+](=O)[O-])cc1C(=O)c1ccccc1)C(=O)OCc1ccccc1. The first kappa shape index (κ1) is 25.6. The second-order valence-electron chi connectivity index (χ2n) is 6.90. The van der Waals surface area contributed by atoms with Crippen LogP contribution in [0.15, 0.2) is 78.9 Å². The molecule has 6 N–H and O–H groups in total. The molecule has 176 valence electrons. The van der Waals surface area contributed by atoms with Gasteiger partial charge >= 0.3 is 6.09 Å². The summed E-state index contributed by atoms with van der Waals surface area (Å²) < 4.78 is 5.06. The predicted octanol–water partition coefficient (Wildman–Crippen LogP) is 3.44. The van der Waals surface area contributed by atoms with E-state index >= 15 is 0 Å². The van der Waals surface area contributed by atoms with Gasteiger partial charge in [0, 0.05) is 17.7 Å². The molecule has 0 saturated carbocycles. The molecule has 3 rings (SSSR count). The van der Waals surface area contributed by atoms with Crippen LogP contribution in [0.25, 0.3) is 0 Å². The highest BCUT2D eigenvalue weighted by atomic mass is 16.6. The number of hydrazine groups is 1. The summed E-state index contributed by atoms with van der Waals surface area (Å²) in [4.78, 5) is 47.9. The number of nitro benzene ring substituents is 1. The maximum atomic E-state index is 12.9. The van der Waals surface area contributed by atoms with E-state index in [1.54, 1.807) is 54.6 Å². The first-order chi connectivity index (χ1) is 15.8. The van der Waals surface area contributed by atoms with Crippen molar-refractivity contribution in [2.24, 2.45) is 5.84 Å². The molecule has 0 spiro atoms. The Balaban J connectivity index is 0.00000408. The number of nitro groups is 1. The molecular formula is C23H23N5O6. The highest BCUT2D eigenvalue weighted by Crippen LogP contribution is 2.25. The molecule has 11 heteroatoms. The summed E-state index contributed by atoms with van der Waals surface area (Å²) in [6.07, 6.45) is -0.918. The summed E-state index contributed by atoms with van der Waals surface area (Å²) in [5.41, 5.74) is 0.707. The number of hydrogen-bond donors (Lipinski definition) is 3. The van der Waals surface area contributed by atoms with E-state index in [2.05, 4.69) is 5.32 Å². The van der Waals surface area contributed by atoms with Crippen molar-refractivity contribution in [3.63, 3.8) is 0 Å². The fraction of sp³-hybridized carbons (Fsp3) is 0.0870. The van der Waals surface area contributed by atoms with Crippen LogP contribution in [0.1, 0.15) is 21.5 Å². The van der Waals surface area contributed by atoms with Crippen molar-refractivity contribution in [3.05, 3.63) is 106 Å². The van der Waals surface area contributed by atoms with E-state index in [9.17, 15) is 24.5 Å². The van der Waals surface area contributed by atoms with Gasteiger partial charge in [0.2, 0.25) is 5.91 Å². The monoisotopic (exact) mass is 465 g/mol. The third kappa shape index (κ3) is 6.69. The smallest absolute Gasteiger partial charge is 0.424 e. The first-order valence-corrected chi connectivity index (χ1v) is 9.76. The van der Waals surface area contributed by atoms with Crippen LogP contribution in [-0.4, -0.2) is 34.3 Å². The van der Waals surface area contributed by atoms with Crippen molar-refractivity contribution in [2.75, 3.05) is 11.9 Å². The normalized spacial score (nSPS) is 9.91. The van der Waals surface area contributed by atoms with Gasteiger partial charge in [-0.3, -0.25) is 19.7 Å². The molecule has 3 aromatic rings. The lowest BCUT2D eigenvalue weighted by Crippen LogP contribution is -2.43. The number of nitrogens with zero attached hydrogens (tertiary/aromatic N) is 2. The van der Waals surface area contributed by atoms with Crippen LogP contribution in [0.3, 0.4) is 0 Å². The molecule has 0 aromatic heterocycles. The van der Waals surface area contributed by atoms with Crippen LogP contribution in [0.4, 0.5) is 16.2 Å². The number of nitrogens with two attached hydrogens (primary N) is 1. The summed E-state index contributed by atoms with van der Waals surface area (Å²) in [5, 5.41) is 14.2. The highest BCUT2D eigenvalue weighted by molar-refractivity contribution is 6.14. The second-order valence-corrected chi connectivity index (χ2v) is 6.90. The summed E-state index contributed by atoms with van der Waals surface area (Å²) in [6, 6.07) is 20.5. The number of rotatable bonds is 8. The van der Waals surface area contributed by atoms with Gasteiger partial charge in [0.05, 0.1) is 16.2 Å². The molecule has 0 aliphatic heterocycles. The van der Waals surface area contributed by atoms with Crippen molar-refractivity contribution in [3.8, 4) is 0 Å². The highest BCUT2D eigenvalue weighted by Gasteiger charge is 2.21. The van der Waals surface area contributed by atoms with Crippen molar-refractivity contribution < 1.29 is 24.0 Å². The molecule has 0 aliphatic rings. The van der Waals surface area contributed by atoms with E-state index in [1.807, 2.05) is 6.07 Å². The van der Waals surface area contributed by atoms with Gasteiger partial charge in [0.15, 0.2) is 5.78 Å². The Morgan fingerprint density at radius 2 is 1.59 bits per heavy atom. The molecule has 0 saturated heterocycles. The molecule has 3 aromatic carbocycles. The number of amides is 2. The molecule has 2 amide bonds. The Morgan fingerprint density at radius 3 is 2.21 bits per heavy atom. The van der Waals surface area contributed by atoms with Crippen molar-refractivity contribution in [1.29, 1.82) is 0 Å². The minimum Gasteiger partial charge on any atom is -0.444 e. The topological polar surface area (TPSA) is 180 Å². The van der Waals surface area contributed by atoms with Crippen LogP contribution in [0.5, 0.6) is 0 Å². The average Bonchev–Trinajstić information content (AvgIpc) is 2.83. The molecule has 34 heavy (non-hydrogen) atoms. The van der Waals surface area contributed by atoms with E-state index in [0.29, 0.717) is 10.6 Å². The lowest BCUT2D eigenvalue weighted by atomic mass is 10.0. The third-order valence-corrected chi connectivity index (χ3v) is 4.52. The minimum atomic E-state index is -0.918. The molecular weight excluding hydrogens is 442 g/mol. The van der Waals surface area contributed by atoms with Gasteiger partial charge in [0.1, 0.15) is 13.2 Å². The zero-order chi connectivity index (χ0) is 23.8. The van der Waals surface area contributed by atoms with E-state index in [1.165, 1.54) is 6.07 Å². The van der Waals surface area contributed by atoms with Gasteiger partial charge in [-0.15, -0.1) is 0 Å². The first-order valence-electron chi connectivity index (χ1n) is 9.76. The van der Waals surface area contributed by atoms with Crippen LogP contribution in [0, 0.1) is 10.1 Å². The lowest BCUT2D eigenvalue weighted by Gasteiger charge is -2.17. The number of nitrogens with one attached hydrogen (secondary N) is 1. The van der Waals surface area contributed by atoms with Gasteiger partial charge in [-0.25, -0.2) is 15.6 Å². The van der Waals surface area contributed by atoms with E-state index in [4.69, 9.17) is 10.6 Å². The third-order valence-electron chi connectivity index (χ3n) is 4.52. The average molecular weight is 465 g/mol. The van der Waals surface area contributed by atoms with Crippen LogP contribution in [0.2, 0.25) is 0 Å².